The smallest absolute Gasteiger partial charge is 0.321 e. The first-order valence-corrected chi connectivity index (χ1v) is 10.9. The number of esters is 1. The van der Waals surface area contributed by atoms with Crippen LogP contribution in [0.2, 0.25) is 0 Å². The molecule has 2 aromatic rings. The zero-order chi connectivity index (χ0) is 23.1. The Kier molecular flexibility index (Phi) is 7.62. The first kappa shape index (κ1) is 23.4. The number of amides is 2. The maximum atomic E-state index is 13.2. The summed E-state index contributed by atoms with van der Waals surface area (Å²) in [6.45, 7) is 5.02. The molecule has 0 aliphatic carbocycles. The maximum Gasteiger partial charge on any atom is 0.321 e. The highest BCUT2D eigenvalue weighted by Gasteiger charge is 2.45. The number of carbonyl (C=O) groups is 2. The van der Waals surface area contributed by atoms with Gasteiger partial charge in [0.15, 0.2) is 0 Å². The minimum absolute atomic E-state index is 0.247. The van der Waals surface area contributed by atoms with E-state index in [1.165, 1.54) is 0 Å². The van der Waals surface area contributed by atoms with Gasteiger partial charge in [0.2, 0.25) is 0 Å². The molecule has 0 spiro atoms. The van der Waals surface area contributed by atoms with Gasteiger partial charge in [0.05, 0.1) is 31.9 Å². The molecule has 0 saturated carbocycles. The van der Waals surface area contributed by atoms with Gasteiger partial charge in [-0.3, -0.25) is 4.79 Å². The van der Waals surface area contributed by atoms with E-state index in [0.717, 1.165) is 17.5 Å². The number of hydrogen-bond acceptors (Lipinski definition) is 5. The molecule has 172 valence electrons. The van der Waals surface area contributed by atoms with E-state index in [0.29, 0.717) is 49.7 Å². The number of ether oxygens (including phenoxy) is 3. The van der Waals surface area contributed by atoms with Crippen molar-refractivity contribution in [3.05, 3.63) is 53.6 Å². The van der Waals surface area contributed by atoms with Crippen LogP contribution in [-0.4, -0.2) is 50.8 Å². The molecule has 2 amide bonds. The Morgan fingerprint density at radius 2 is 1.91 bits per heavy atom. The Balaban J connectivity index is 1.83. The van der Waals surface area contributed by atoms with E-state index in [9.17, 15) is 9.59 Å². The Morgan fingerprint density at radius 3 is 2.59 bits per heavy atom. The fourth-order valence-corrected chi connectivity index (χ4v) is 4.24. The largest absolute Gasteiger partial charge is 0.497 e. The molecule has 0 aromatic heterocycles. The van der Waals surface area contributed by atoms with E-state index in [4.69, 9.17) is 14.2 Å². The van der Waals surface area contributed by atoms with Crippen LogP contribution in [0.3, 0.4) is 0 Å². The summed E-state index contributed by atoms with van der Waals surface area (Å²) in [5.74, 6) is 0.895. The van der Waals surface area contributed by atoms with Crippen molar-refractivity contribution < 1.29 is 23.8 Å². The Bertz CT molecular complexity index is 961. The van der Waals surface area contributed by atoms with Crippen LogP contribution in [0.25, 0.3) is 0 Å². The van der Waals surface area contributed by atoms with Crippen molar-refractivity contribution in [2.24, 2.45) is 5.41 Å². The molecule has 1 fully saturated rings. The van der Waals surface area contributed by atoms with Crippen molar-refractivity contribution in [2.75, 3.05) is 39.2 Å². The lowest BCUT2D eigenvalue weighted by Gasteiger charge is -2.41. The Hall–Kier alpha value is -3.22. The second-order valence-corrected chi connectivity index (χ2v) is 8.13. The summed E-state index contributed by atoms with van der Waals surface area (Å²) in [6, 6.07) is 13.0. The van der Waals surface area contributed by atoms with Gasteiger partial charge in [-0.05, 0) is 56.4 Å². The second kappa shape index (κ2) is 10.4. The lowest BCUT2D eigenvalue weighted by molar-refractivity contribution is -0.158. The minimum atomic E-state index is -0.776. The lowest BCUT2D eigenvalue weighted by atomic mass is 9.74. The van der Waals surface area contributed by atoms with Gasteiger partial charge in [-0.15, -0.1) is 0 Å². The molecular weight excluding hydrogens is 408 g/mol. The standard InChI is InChI=1S/C25H32N2O5/c1-5-32-23(28)25(16-19-10-7-6-9-18(19)2)13-8-14-27(17-25)24(29)26-21-12-11-20(30-3)15-22(21)31-4/h6-7,9-12,15H,5,8,13-14,16-17H2,1-4H3,(H,26,29)/t25-/m0/s1. The molecule has 2 aromatic carbocycles. The Morgan fingerprint density at radius 1 is 1.12 bits per heavy atom. The maximum absolute atomic E-state index is 13.2. The number of piperidine rings is 1. The molecule has 1 heterocycles. The number of urea groups is 1. The number of carbonyl (C=O) groups excluding carboxylic acids is 2. The zero-order valence-electron chi connectivity index (χ0n) is 19.3. The highest BCUT2D eigenvalue weighted by Crippen LogP contribution is 2.37. The van der Waals surface area contributed by atoms with Crippen molar-refractivity contribution in [1.29, 1.82) is 0 Å². The van der Waals surface area contributed by atoms with Crippen molar-refractivity contribution in [2.45, 2.75) is 33.1 Å². The SMILES string of the molecule is CCOC(=O)[C@]1(Cc2ccccc2C)CCCN(C(=O)Nc2ccc(OC)cc2OC)C1. The molecule has 1 saturated heterocycles. The monoisotopic (exact) mass is 440 g/mol. The molecule has 1 atom stereocenters. The van der Waals surface area contributed by atoms with Crippen LogP contribution in [0, 0.1) is 12.3 Å². The van der Waals surface area contributed by atoms with E-state index < -0.39 is 5.41 Å². The van der Waals surface area contributed by atoms with Crippen molar-refractivity contribution in [3.63, 3.8) is 0 Å². The third kappa shape index (κ3) is 5.15. The molecule has 7 nitrogen and oxygen atoms in total. The normalized spacial score (nSPS) is 18.1. The average Bonchev–Trinajstić information content (AvgIpc) is 2.81. The highest BCUT2D eigenvalue weighted by atomic mass is 16.5. The number of nitrogens with one attached hydrogen (secondary N) is 1. The molecule has 1 aliphatic rings. The van der Waals surface area contributed by atoms with Gasteiger partial charge < -0.3 is 24.4 Å². The first-order valence-electron chi connectivity index (χ1n) is 10.9. The number of aryl methyl sites for hydroxylation is 1. The van der Waals surface area contributed by atoms with Crippen molar-refractivity contribution in [1.82, 2.24) is 4.90 Å². The van der Waals surface area contributed by atoms with E-state index in [2.05, 4.69) is 5.32 Å². The van der Waals surface area contributed by atoms with Crippen LogP contribution in [0.1, 0.15) is 30.9 Å². The van der Waals surface area contributed by atoms with E-state index >= 15 is 0 Å². The molecule has 7 heteroatoms. The fraction of sp³-hybridized carbons (Fsp3) is 0.440. The summed E-state index contributed by atoms with van der Waals surface area (Å²) in [6.07, 6.45) is 1.93. The van der Waals surface area contributed by atoms with Gasteiger partial charge >= 0.3 is 12.0 Å². The third-order valence-electron chi connectivity index (χ3n) is 6.01. The van der Waals surface area contributed by atoms with Gasteiger partial charge in [-0.1, -0.05) is 24.3 Å². The summed E-state index contributed by atoms with van der Waals surface area (Å²) in [5.41, 5.74) is 1.99. The van der Waals surface area contributed by atoms with E-state index in [1.807, 2.05) is 38.1 Å². The molecular formula is C25H32N2O5. The van der Waals surface area contributed by atoms with E-state index in [1.54, 1.807) is 37.3 Å². The van der Waals surface area contributed by atoms with Gasteiger partial charge in [0.1, 0.15) is 11.5 Å². The summed E-state index contributed by atoms with van der Waals surface area (Å²) in [5, 5.41) is 2.92. The van der Waals surface area contributed by atoms with Crippen molar-refractivity contribution >= 4 is 17.7 Å². The molecule has 0 radical (unpaired) electrons. The van der Waals surface area contributed by atoms with Crippen LogP contribution >= 0.6 is 0 Å². The highest BCUT2D eigenvalue weighted by molar-refractivity contribution is 5.92. The summed E-state index contributed by atoms with van der Waals surface area (Å²) < 4.78 is 16.1. The third-order valence-corrected chi connectivity index (χ3v) is 6.01. The van der Waals surface area contributed by atoms with Gasteiger partial charge in [0.25, 0.3) is 0 Å². The number of methoxy groups -OCH3 is 2. The van der Waals surface area contributed by atoms with Crippen LogP contribution < -0.4 is 14.8 Å². The lowest BCUT2D eigenvalue weighted by Crippen LogP contribution is -2.52. The Labute approximate surface area is 189 Å². The number of nitrogens with zero attached hydrogens (tertiary/aromatic N) is 1. The summed E-state index contributed by atoms with van der Waals surface area (Å²) in [7, 11) is 3.11. The predicted octanol–water partition coefficient (Wildman–Crippen LogP) is 4.43. The van der Waals surface area contributed by atoms with Crippen LogP contribution in [-0.2, 0) is 16.0 Å². The molecule has 3 rings (SSSR count). The van der Waals surface area contributed by atoms with Gasteiger partial charge in [-0.25, -0.2) is 4.79 Å². The van der Waals surface area contributed by atoms with Crippen LogP contribution in [0.5, 0.6) is 11.5 Å². The van der Waals surface area contributed by atoms with Crippen LogP contribution in [0.15, 0.2) is 42.5 Å². The predicted molar refractivity (Wildman–Crippen MR) is 123 cm³/mol. The van der Waals surface area contributed by atoms with Crippen LogP contribution in [0.4, 0.5) is 10.5 Å². The molecule has 32 heavy (non-hydrogen) atoms. The van der Waals surface area contributed by atoms with Crippen molar-refractivity contribution in [3.8, 4) is 11.5 Å². The number of likely N-dealkylation sites (tertiary alicyclic amines) is 1. The second-order valence-electron chi connectivity index (χ2n) is 8.13. The number of rotatable bonds is 7. The molecule has 0 unspecified atom stereocenters. The number of benzene rings is 2. The number of anilines is 1. The quantitative estimate of drug-likeness (QED) is 0.645. The topological polar surface area (TPSA) is 77.1 Å². The summed E-state index contributed by atoms with van der Waals surface area (Å²) >= 11 is 0. The fourth-order valence-electron chi connectivity index (χ4n) is 4.24. The molecule has 0 bridgehead atoms. The van der Waals surface area contributed by atoms with E-state index in [-0.39, 0.29) is 12.0 Å². The first-order chi connectivity index (χ1) is 15.4. The minimum Gasteiger partial charge on any atom is -0.497 e. The molecule has 1 N–H and O–H groups in total. The zero-order valence-corrected chi connectivity index (χ0v) is 19.3. The number of hydrogen-bond donors (Lipinski definition) is 1. The average molecular weight is 441 g/mol. The van der Waals surface area contributed by atoms with Gasteiger partial charge in [-0.2, -0.15) is 0 Å². The molecule has 1 aliphatic heterocycles. The summed E-state index contributed by atoms with van der Waals surface area (Å²) in [4.78, 5) is 28.0. The van der Waals surface area contributed by atoms with Gasteiger partial charge in [0, 0.05) is 19.2 Å².